The molecular weight excluding hydrogens is 582 g/mol. The molecule has 250 valence electrons. The molecule has 1 aliphatic rings. The lowest BCUT2D eigenvalue weighted by atomic mass is 9.74. The number of aliphatic imine (C=N–C) groups is 1. The molecule has 15 heteroatoms. The first-order chi connectivity index (χ1) is 19.6. The van der Waals surface area contributed by atoms with Crippen molar-refractivity contribution < 1.29 is 41.8 Å². The molecule has 1 rings (SSSR count). The molecule has 0 bridgehead atoms. The number of hydrogen-bond acceptors (Lipinski definition) is 10. The Morgan fingerprint density at radius 3 is 2.02 bits per heavy atom. The van der Waals surface area contributed by atoms with Crippen LogP contribution in [0.2, 0.25) is 0 Å². The van der Waals surface area contributed by atoms with Crippen LogP contribution in [-0.2, 0) is 33.9 Å². The molecule has 0 aromatic heterocycles. The summed E-state index contributed by atoms with van der Waals surface area (Å²) in [7, 11) is 0.340. The summed E-state index contributed by atoms with van der Waals surface area (Å²) in [5, 5.41) is 5.18. The number of rotatable bonds is 10. The first kappa shape index (κ1) is 38.4. The molecule has 43 heavy (non-hydrogen) atoms. The van der Waals surface area contributed by atoms with Gasteiger partial charge in [-0.15, -0.1) is 0 Å². The highest BCUT2D eigenvalue weighted by atomic mass is 32.2. The number of hydroxylamine groups is 2. The van der Waals surface area contributed by atoms with Gasteiger partial charge in [-0.25, -0.2) is 23.1 Å². The number of methoxy groups -OCH3 is 1. The zero-order valence-corrected chi connectivity index (χ0v) is 28.6. The number of carbonyl (C=O) groups is 3. The van der Waals surface area contributed by atoms with Gasteiger partial charge in [0.05, 0.1) is 18.5 Å². The van der Waals surface area contributed by atoms with Crippen molar-refractivity contribution in [3.8, 4) is 0 Å². The highest BCUT2D eigenvalue weighted by molar-refractivity contribution is 7.90. The van der Waals surface area contributed by atoms with Crippen LogP contribution in [0.15, 0.2) is 4.99 Å². The maximum absolute atomic E-state index is 13.6. The number of likely N-dealkylation sites (N-methyl/N-ethyl adjacent to an activating group) is 1. The van der Waals surface area contributed by atoms with Crippen LogP contribution in [0.1, 0.15) is 81.6 Å². The summed E-state index contributed by atoms with van der Waals surface area (Å²) in [6.45, 7) is 15.8. The van der Waals surface area contributed by atoms with Gasteiger partial charge < -0.3 is 19.5 Å². The van der Waals surface area contributed by atoms with E-state index in [-0.39, 0.29) is 49.2 Å². The predicted octanol–water partition coefficient (Wildman–Crippen LogP) is 3.18. The predicted molar refractivity (Wildman–Crippen MR) is 163 cm³/mol. The molecule has 1 aliphatic carbocycles. The molecule has 3 N–H and O–H groups in total. The minimum Gasteiger partial charge on any atom is -0.444 e. The summed E-state index contributed by atoms with van der Waals surface area (Å²) in [6.07, 6.45) is -0.809. The number of ether oxygens (including phenoxy) is 3. The smallest absolute Gasteiger partial charge is 0.414 e. The van der Waals surface area contributed by atoms with E-state index in [2.05, 4.69) is 20.3 Å². The average molecular weight is 636 g/mol. The van der Waals surface area contributed by atoms with E-state index in [0.717, 1.165) is 5.06 Å². The van der Waals surface area contributed by atoms with Gasteiger partial charge in [0.2, 0.25) is 16.0 Å². The van der Waals surface area contributed by atoms with Crippen molar-refractivity contribution in [1.29, 1.82) is 0 Å². The van der Waals surface area contributed by atoms with Gasteiger partial charge in [-0.3, -0.25) is 24.7 Å². The minimum atomic E-state index is -4.01. The molecule has 0 saturated heterocycles. The van der Waals surface area contributed by atoms with Crippen LogP contribution in [0.4, 0.5) is 9.59 Å². The second-order valence-corrected chi connectivity index (χ2v) is 14.9. The highest BCUT2D eigenvalue weighted by Crippen LogP contribution is 2.38. The van der Waals surface area contributed by atoms with Crippen molar-refractivity contribution >= 4 is 34.1 Å². The van der Waals surface area contributed by atoms with E-state index >= 15 is 0 Å². The van der Waals surface area contributed by atoms with Crippen LogP contribution < -0.4 is 15.4 Å². The van der Waals surface area contributed by atoms with Crippen molar-refractivity contribution in [1.82, 2.24) is 20.4 Å². The maximum Gasteiger partial charge on any atom is 0.414 e. The lowest BCUT2D eigenvalue weighted by Crippen LogP contribution is -2.54. The zero-order valence-electron chi connectivity index (χ0n) is 27.8. The van der Waals surface area contributed by atoms with Gasteiger partial charge >= 0.3 is 12.2 Å². The summed E-state index contributed by atoms with van der Waals surface area (Å²) < 4.78 is 45.9. The number of nitrogens with one attached hydrogen (secondary N) is 3. The molecule has 0 aliphatic heterocycles. The normalized spacial score (nSPS) is 24.0. The number of carbonyl (C=O) groups excluding carboxylic acids is 3. The van der Waals surface area contributed by atoms with Gasteiger partial charge in [0.1, 0.15) is 17.2 Å². The first-order valence-corrected chi connectivity index (χ1v) is 16.1. The molecule has 0 aromatic rings. The fourth-order valence-corrected chi connectivity index (χ4v) is 7.03. The summed E-state index contributed by atoms with van der Waals surface area (Å²) in [4.78, 5) is 47.0. The van der Waals surface area contributed by atoms with Crippen LogP contribution in [0.3, 0.4) is 0 Å². The van der Waals surface area contributed by atoms with Crippen LogP contribution in [0, 0.1) is 17.8 Å². The first-order valence-electron chi connectivity index (χ1n) is 14.5. The van der Waals surface area contributed by atoms with Crippen molar-refractivity contribution in [2.75, 3.05) is 27.8 Å². The summed E-state index contributed by atoms with van der Waals surface area (Å²) in [5.74, 6) is -1.29. The van der Waals surface area contributed by atoms with Gasteiger partial charge in [-0.2, -0.15) is 0 Å². The van der Waals surface area contributed by atoms with Crippen LogP contribution in [0.25, 0.3) is 0 Å². The van der Waals surface area contributed by atoms with Crippen LogP contribution in [-0.4, -0.2) is 93.9 Å². The van der Waals surface area contributed by atoms with E-state index in [0.29, 0.717) is 6.42 Å². The van der Waals surface area contributed by atoms with Gasteiger partial charge in [-0.1, -0.05) is 20.8 Å². The number of alkyl carbamates (subject to hydrolysis) is 2. The number of hydrogen-bond donors (Lipinski definition) is 3. The third-order valence-electron chi connectivity index (χ3n) is 7.11. The number of guanidine groups is 1. The average Bonchev–Trinajstić information content (AvgIpc) is 2.84. The zero-order chi connectivity index (χ0) is 33.3. The van der Waals surface area contributed by atoms with Crippen molar-refractivity contribution in [2.24, 2.45) is 22.7 Å². The Kier molecular flexibility index (Phi) is 14.2. The highest BCUT2D eigenvalue weighted by Gasteiger charge is 2.45. The van der Waals surface area contributed by atoms with E-state index in [1.807, 2.05) is 20.8 Å². The molecular formula is C28H53N5O9S. The Morgan fingerprint density at radius 1 is 0.953 bits per heavy atom. The van der Waals surface area contributed by atoms with Gasteiger partial charge in [0.15, 0.2) is 0 Å². The summed E-state index contributed by atoms with van der Waals surface area (Å²) in [6, 6.07) is -1.01. The molecule has 0 spiro atoms. The quantitative estimate of drug-likeness (QED) is 0.141. The van der Waals surface area contributed by atoms with E-state index in [9.17, 15) is 22.8 Å². The summed E-state index contributed by atoms with van der Waals surface area (Å²) >= 11 is 0. The molecule has 0 radical (unpaired) electrons. The lowest BCUT2D eigenvalue weighted by Gasteiger charge is -2.42. The fraction of sp³-hybridized carbons (Fsp3) is 0.857. The van der Waals surface area contributed by atoms with E-state index in [4.69, 9.17) is 19.0 Å². The Bertz CT molecular complexity index is 1090. The Hall–Kier alpha value is -2.65. The number of amides is 3. The van der Waals surface area contributed by atoms with E-state index in [1.54, 1.807) is 48.7 Å². The van der Waals surface area contributed by atoms with Gasteiger partial charge in [0.25, 0.3) is 5.91 Å². The summed E-state index contributed by atoms with van der Waals surface area (Å²) in [5.41, 5.74) is -1.61. The second-order valence-electron chi connectivity index (χ2n) is 13.0. The largest absolute Gasteiger partial charge is 0.444 e. The molecule has 3 amide bonds. The van der Waals surface area contributed by atoms with Gasteiger partial charge in [0, 0.05) is 20.7 Å². The fourth-order valence-electron chi connectivity index (χ4n) is 4.97. The lowest BCUT2D eigenvalue weighted by molar-refractivity contribution is -0.171. The van der Waals surface area contributed by atoms with Crippen molar-refractivity contribution in [3.05, 3.63) is 0 Å². The molecule has 1 saturated carbocycles. The minimum absolute atomic E-state index is 0.00204. The molecule has 0 aromatic carbocycles. The Balaban J connectivity index is 3.16. The standard InChI is InChI=1S/C28H53N5O9S/c1-17-16-21(39-11)18(2)19(3)22(17)43(37,38)32-24(31-26(36)42-28(7,8)9)29-15-13-14-20(23(34)33(10)40-12)30-25(35)41-27(4,5)6/h17-22H,13-16H2,1-12H3,(H,30,35)(H2,29,31,32,36)/t17?,18?,19?,20-,21?,22?/m0/s1. The topological polar surface area (TPSA) is 174 Å². The van der Waals surface area contributed by atoms with Gasteiger partial charge in [-0.05, 0) is 78.6 Å². The van der Waals surface area contributed by atoms with E-state index < -0.39 is 50.6 Å². The van der Waals surface area contributed by atoms with Crippen LogP contribution in [0.5, 0.6) is 0 Å². The Labute approximate surface area is 257 Å². The third kappa shape index (κ3) is 12.9. The molecule has 14 nitrogen and oxygen atoms in total. The van der Waals surface area contributed by atoms with E-state index in [1.165, 1.54) is 14.2 Å². The van der Waals surface area contributed by atoms with Crippen LogP contribution >= 0.6 is 0 Å². The molecule has 5 unspecified atom stereocenters. The number of sulfonamides is 1. The Morgan fingerprint density at radius 2 is 1.51 bits per heavy atom. The monoisotopic (exact) mass is 635 g/mol. The number of nitrogens with zero attached hydrogens (tertiary/aromatic N) is 2. The molecule has 1 fully saturated rings. The molecule has 0 heterocycles. The SMILES string of the molecule is COC1CC(C)C(S(=O)(=O)NC(=NCCC[C@H](NC(=O)OC(C)(C)C)C(=O)N(C)OC)NC(=O)OC(C)(C)C)C(C)C1C. The maximum atomic E-state index is 13.6. The molecule has 6 atom stereocenters. The third-order valence-corrected chi connectivity index (χ3v) is 9.20. The van der Waals surface area contributed by atoms with Crippen molar-refractivity contribution in [2.45, 2.75) is 110 Å². The second kappa shape index (κ2) is 15.9. The van der Waals surface area contributed by atoms with Crippen molar-refractivity contribution in [3.63, 3.8) is 0 Å².